The van der Waals surface area contributed by atoms with E-state index in [1.807, 2.05) is 36.4 Å². The molecule has 0 aliphatic carbocycles. The van der Waals surface area contributed by atoms with Crippen LogP contribution in [0.1, 0.15) is 78.9 Å². The summed E-state index contributed by atoms with van der Waals surface area (Å²) < 4.78 is 192. The molecule has 0 amide bonds. The zero-order valence-corrected chi connectivity index (χ0v) is 71.1. The maximum Gasteiger partial charge on any atom is 0.297 e. The van der Waals surface area contributed by atoms with Gasteiger partial charge in [-0.3, -0.25) is 25.1 Å². The molecule has 34 nitrogen and oxygen atoms in total. The van der Waals surface area contributed by atoms with Crippen LogP contribution in [0.3, 0.4) is 0 Å². The highest BCUT2D eigenvalue weighted by molar-refractivity contribution is 7.88. The highest BCUT2D eigenvalue weighted by atomic mass is 35.5. The van der Waals surface area contributed by atoms with Crippen molar-refractivity contribution >= 4 is 190 Å². The molecule has 12 aromatic rings. The van der Waals surface area contributed by atoms with Crippen molar-refractivity contribution in [1.82, 2.24) is 59.8 Å². The van der Waals surface area contributed by atoms with Gasteiger partial charge in [-0.05, 0) is 169 Å². The van der Waals surface area contributed by atoms with Gasteiger partial charge in [0, 0.05) is 48.4 Å². The summed E-state index contributed by atoms with van der Waals surface area (Å²) in [6, 6.07) is 43.7. The largest absolute Gasteiger partial charge is 0.324 e. The van der Waals surface area contributed by atoms with Gasteiger partial charge in [-0.15, -0.1) is 0 Å². The average molecular weight is 1820 g/mol. The average Bonchev–Trinajstić information content (AvgIpc) is 0.803. The van der Waals surface area contributed by atoms with E-state index in [9.17, 15) is 50.5 Å². The monoisotopic (exact) mass is 1820 g/mol. The topological polar surface area (TPSA) is 463 Å². The Balaban J connectivity index is 0.743. The molecule has 0 fully saturated rings. The molecular weight excluding hydrogens is 1760 g/mol. The molecule has 0 saturated heterocycles. The Labute approximate surface area is 709 Å². The summed E-state index contributed by atoms with van der Waals surface area (Å²) in [6.07, 6.45) is 8.23. The second-order valence-corrected chi connectivity index (χ2v) is 36.5. The van der Waals surface area contributed by atoms with Crippen molar-refractivity contribution in [3.8, 4) is 0 Å². The highest BCUT2D eigenvalue weighted by Crippen LogP contribution is 2.35. The minimum Gasteiger partial charge on any atom is -0.324 e. The van der Waals surface area contributed by atoms with Crippen molar-refractivity contribution in [2.75, 3.05) is 63.9 Å². The lowest BCUT2D eigenvalue weighted by Crippen LogP contribution is -2.09. The van der Waals surface area contributed by atoms with Crippen LogP contribution >= 0.6 is 46.4 Å². The fraction of sp³-hybridized carbons (Fsp3) is 0.132. The molecule has 0 aliphatic heterocycles. The number of para-hydroxylation sites is 1. The van der Waals surface area contributed by atoms with Crippen LogP contribution in [0, 0.1) is 0 Å². The molecule has 4 aromatic heterocycles. The van der Waals surface area contributed by atoms with E-state index in [0.717, 1.165) is 48.2 Å². The van der Waals surface area contributed by atoms with Gasteiger partial charge >= 0.3 is 0 Å². The molecule has 0 spiro atoms. The first-order chi connectivity index (χ1) is 57.1. The quantitative estimate of drug-likeness (QED) is 0.0215. The van der Waals surface area contributed by atoms with Crippen LogP contribution in [0.4, 0.5) is 46.5 Å². The Morgan fingerprint density at radius 2 is 0.475 bits per heavy atom. The fourth-order valence-corrected chi connectivity index (χ4v) is 17.6. The summed E-state index contributed by atoms with van der Waals surface area (Å²) in [5.41, 5.74) is 3.43. The van der Waals surface area contributed by atoms with Crippen LogP contribution in [-0.2, 0) is 111 Å². The number of aromatic nitrogens is 12. The second kappa shape index (κ2) is 37.6. The molecular formula is C76H64Cl4N16O18S6. The summed E-state index contributed by atoms with van der Waals surface area (Å²) in [5, 5.41) is 10.8. The number of hydrogen-bond donors (Lipinski definition) is 4. The van der Waals surface area contributed by atoms with Gasteiger partial charge in [0.15, 0.2) is 0 Å². The summed E-state index contributed by atoms with van der Waals surface area (Å²) in [5.74, 6) is 0.380. The molecule has 12 rings (SSSR count). The first kappa shape index (κ1) is 88.1. The van der Waals surface area contributed by atoms with Crippen LogP contribution in [0.15, 0.2) is 199 Å². The maximum absolute atomic E-state index is 13.7. The number of nitrogens with zero attached hydrogens (tertiary/aromatic N) is 12. The lowest BCUT2D eigenvalue weighted by molar-refractivity contribution is 0.396. The van der Waals surface area contributed by atoms with Gasteiger partial charge in [0.1, 0.15) is 52.7 Å². The van der Waals surface area contributed by atoms with E-state index in [-0.39, 0.29) is 157 Å². The van der Waals surface area contributed by atoms with Crippen molar-refractivity contribution < 1.29 is 75.6 Å². The third kappa shape index (κ3) is 22.3. The van der Waals surface area contributed by atoms with Gasteiger partial charge in [-0.2, -0.15) is 80.4 Å². The Bertz CT molecular complexity index is 6380. The number of nitrogens with one attached hydrogen (secondary N) is 4. The van der Waals surface area contributed by atoms with Crippen molar-refractivity contribution in [2.45, 2.75) is 55.1 Å². The van der Waals surface area contributed by atoms with Crippen LogP contribution in [0.5, 0.6) is 0 Å². The minimum atomic E-state index is -4.56. The number of benzene rings is 8. The van der Waals surface area contributed by atoms with E-state index >= 15 is 0 Å². The molecule has 0 aliphatic rings. The normalized spacial score (nSPS) is 12.4. The summed E-state index contributed by atoms with van der Waals surface area (Å²) >= 11 is 25.4. The summed E-state index contributed by atoms with van der Waals surface area (Å²) in [7, 11) is -21.1. The van der Waals surface area contributed by atoms with Gasteiger partial charge in [0.2, 0.25) is 44.9 Å². The molecule has 120 heavy (non-hydrogen) atoms. The zero-order chi connectivity index (χ0) is 85.9. The maximum atomic E-state index is 13.7. The number of anilines is 8. The standard InChI is InChI=1S/C76H64Cl4N16O18S6/c1-109-115(97,98)59-35-46(39-66-85-65(87-69(77)88-66)38-45-13-9-7-10-14-45)17-20-49(59)23-27-53-30-33-57(43-63(53)119(105,106)113-5)83-75-93-72(80)94-76(96-75)84-58-34-31-54(64(44-58)120(107,108)114-6)28-25-51-22-19-48(37-61(51)117(101,102)111-3)41-68-86-67(89-70(78)90-68)40-47-18-21-50(60(36-47)116(99,100)110-2)24-26-52-29-32-56(42-62(52)118(103,104)112-4)82-74-92-71(79)91-73(95-74)81-55-15-11-8-12-16-55/h7-37,42-44H,38-41H2,1-6H3,(H2,81,82,91,92,95)(H2,83,84,93,94,96)/b26-24+,27-23+,28-25+. The zero-order valence-electron chi connectivity index (χ0n) is 63.1. The van der Waals surface area contributed by atoms with Gasteiger partial charge in [0.05, 0.1) is 42.7 Å². The minimum absolute atomic E-state index is 0.00105. The van der Waals surface area contributed by atoms with E-state index in [2.05, 4.69) is 81.1 Å². The Kier molecular flexibility index (Phi) is 27.6. The number of rotatable bonds is 34. The van der Waals surface area contributed by atoms with E-state index in [4.69, 9.17) is 71.5 Å². The molecule has 44 heteroatoms. The molecule has 4 heterocycles. The van der Waals surface area contributed by atoms with Gasteiger partial charge in [0.25, 0.3) is 60.7 Å². The summed E-state index contributed by atoms with van der Waals surface area (Å²) in [4.78, 5) is 49.2. The van der Waals surface area contributed by atoms with E-state index in [1.165, 1.54) is 127 Å². The van der Waals surface area contributed by atoms with Crippen LogP contribution in [0.2, 0.25) is 21.1 Å². The smallest absolute Gasteiger partial charge is 0.297 e. The SMILES string of the molecule is COS(=O)(=O)c1cc(Cc2nc(Cl)nc(Cc3ccccc3)n2)ccc1/C=C/c1ccc(Nc2nc(Cl)nc(Nc3ccc(/C=C/c4ccc(Cc5nc(Cl)nc(Cc6ccc(/C=C/c7ccc(Nc8nc(Cl)nc(Nc9ccccc9)n8)cc7S(=O)(=O)OC)c(S(=O)(=O)OC)c6)n5)cc4S(=O)(=O)OC)c(S(=O)(=O)OC)c3)n2)cc1S(=O)(=O)OC. The summed E-state index contributed by atoms with van der Waals surface area (Å²) in [6.45, 7) is 0. The van der Waals surface area contributed by atoms with Crippen molar-refractivity contribution in [3.63, 3.8) is 0 Å². The highest BCUT2D eigenvalue weighted by Gasteiger charge is 2.27. The fourth-order valence-electron chi connectivity index (χ4n) is 11.6. The molecule has 0 atom stereocenters. The van der Waals surface area contributed by atoms with E-state index < -0.39 is 65.6 Å². The lowest BCUT2D eigenvalue weighted by atomic mass is 10.1. The molecule has 0 radical (unpaired) electrons. The van der Waals surface area contributed by atoms with Crippen molar-refractivity contribution in [2.24, 2.45) is 0 Å². The molecule has 4 N–H and O–H groups in total. The number of hydrogen-bond acceptors (Lipinski definition) is 34. The van der Waals surface area contributed by atoms with Gasteiger partial charge in [-0.25, -0.2) is 29.9 Å². The van der Waals surface area contributed by atoms with Gasteiger partial charge < -0.3 is 21.3 Å². The lowest BCUT2D eigenvalue weighted by Gasteiger charge is -2.13. The molecule has 0 saturated carbocycles. The first-order valence-electron chi connectivity index (χ1n) is 34.6. The van der Waals surface area contributed by atoms with Crippen LogP contribution < -0.4 is 21.3 Å². The Morgan fingerprint density at radius 1 is 0.250 bits per heavy atom. The van der Waals surface area contributed by atoms with Crippen molar-refractivity contribution in [1.29, 1.82) is 0 Å². The predicted molar refractivity (Wildman–Crippen MR) is 447 cm³/mol. The third-order valence-electron chi connectivity index (χ3n) is 17.2. The van der Waals surface area contributed by atoms with Crippen molar-refractivity contribution in [3.05, 3.63) is 270 Å². The molecule has 0 unspecified atom stereocenters. The van der Waals surface area contributed by atoms with E-state index in [1.54, 1.807) is 42.5 Å². The predicted octanol–water partition coefficient (Wildman–Crippen LogP) is 12.9. The second-order valence-electron chi connectivity index (χ2n) is 25.0. The van der Waals surface area contributed by atoms with Crippen LogP contribution in [0.25, 0.3) is 36.5 Å². The first-order valence-corrected chi connectivity index (χ1v) is 44.6. The molecule has 0 bridgehead atoms. The van der Waals surface area contributed by atoms with Gasteiger partial charge in [-0.1, -0.05) is 140 Å². The molecule has 620 valence electrons. The Morgan fingerprint density at radius 3 is 0.742 bits per heavy atom. The number of halogens is 4. The Hall–Kier alpha value is -11.2. The third-order valence-corrected chi connectivity index (χ3v) is 25.9. The van der Waals surface area contributed by atoms with Crippen LogP contribution in [-0.4, -0.2) is 153 Å². The van der Waals surface area contributed by atoms with E-state index in [0.29, 0.717) is 34.6 Å². The molecule has 8 aromatic carbocycles.